The number of nitrogens with zero attached hydrogens (tertiary/aromatic N) is 1. The van der Waals surface area contributed by atoms with E-state index in [1.807, 2.05) is 6.07 Å². The maximum Gasteiger partial charge on any atom is 0.250 e. The number of piperidine rings is 1. The van der Waals surface area contributed by atoms with Gasteiger partial charge in [-0.1, -0.05) is 11.6 Å². The van der Waals surface area contributed by atoms with Crippen molar-refractivity contribution >= 4 is 39.9 Å². The molecule has 2 atom stereocenters. The van der Waals surface area contributed by atoms with Crippen molar-refractivity contribution in [3.05, 3.63) is 64.1 Å². The molecule has 0 aromatic heterocycles. The number of benzene rings is 1. The van der Waals surface area contributed by atoms with Crippen molar-refractivity contribution in [2.75, 3.05) is 12.8 Å². The Labute approximate surface area is 171 Å². The number of hydrogen-bond acceptors (Lipinski definition) is 4. The molecule has 0 saturated carbocycles. The molecule has 144 valence electrons. The first-order chi connectivity index (χ1) is 12.9. The topological polar surface area (TPSA) is 75.4 Å². The predicted octanol–water partition coefficient (Wildman–Crippen LogP) is 3.02. The van der Waals surface area contributed by atoms with E-state index in [9.17, 15) is 9.00 Å². The number of nitrogens with two attached hydrogens (primary N) is 1. The Balaban J connectivity index is 2.04. The fraction of sp³-hybridized carbons (Fsp3) is 0.316. The number of nitrogens with one attached hydrogen (secondary N) is 1. The summed E-state index contributed by atoms with van der Waals surface area (Å²) >= 11 is 12.8. The largest absolute Gasteiger partial charge is 0.368 e. The first kappa shape index (κ1) is 20.0. The maximum atomic E-state index is 12.1. The van der Waals surface area contributed by atoms with E-state index < -0.39 is 16.7 Å². The molecule has 1 fully saturated rings. The van der Waals surface area contributed by atoms with Crippen LogP contribution in [0.25, 0.3) is 0 Å². The first-order valence-corrected chi connectivity index (χ1v) is 10.9. The number of alkyl halides is 1. The third-order valence-electron chi connectivity index (χ3n) is 4.59. The van der Waals surface area contributed by atoms with E-state index in [0.717, 1.165) is 35.5 Å². The van der Waals surface area contributed by atoms with E-state index in [2.05, 4.69) is 10.2 Å². The molecule has 1 aromatic carbocycles. The summed E-state index contributed by atoms with van der Waals surface area (Å²) in [6.07, 6.45) is 8.53. The van der Waals surface area contributed by atoms with Crippen molar-refractivity contribution in [2.24, 2.45) is 5.73 Å². The Bertz CT molecular complexity index is 880. The molecule has 27 heavy (non-hydrogen) atoms. The van der Waals surface area contributed by atoms with Crippen LogP contribution < -0.4 is 11.1 Å². The molecule has 0 bridgehead atoms. The predicted molar refractivity (Wildman–Crippen MR) is 110 cm³/mol. The molecular weight excluding hydrogens is 405 g/mol. The van der Waals surface area contributed by atoms with Gasteiger partial charge in [-0.2, -0.15) is 0 Å². The molecule has 2 aliphatic heterocycles. The van der Waals surface area contributed by atoms with Gasteiger partial charge in [0.25, 0.3) is 5.91 Å². The van der Waals surface area contributed by atoms with Crippen LogP contribution in [0.4, 0.5) is 0 Å². The first-order valence-electron chi connectivity index (χ1n) is 8.57. The van der Waals surface area contributed by atoms with Gasteiger partial charge in [0.2, 0.25) is 0 Å². The van der Waals surface area contributed by atoms with Crippen LogP contribution in [0.2, 0.25) is 5.02 Å². The Morgan fingerprint density at radius 1 is 1.44 bits per heavy atom. The highest BCUT2D eigenvalue weighted by atomic mass is 35.5. The summed E-state index contributed by atoms with van der Waals surface area (Å²) in [6, 6.07) is 5.36. The molecule has 8 heteroatoms. The monoisotopic (exact) mass is 425 g/mol. The Morgan fingerprint density at radius 3 is 2.93 bits per heavy atom. The second-order valence-electron chi connectivity index (χ2n) is 6.45. The number of amides is 1. The normalized spacial score (nSPS) is 23.6. The molecule has 3 N–H and O–H groups in total. The van der Waals surface area contributed by atoms with Crippen molar-refractivity contribution in [3.63, 3.8) is 0 Å². The number of dihydropyridines is 1. The Morgan fingerprint density at radius 2 is 2.22 bits per heavy atom. The average Bonchev–Trinajstić information content (AvgIpc) is 2.61. The summed E-state index contributed by atoms with van der Waals surface area (Å²) in [5, 5.41) is 3.46. The number of carbonyl (C=O) groups excluding carboxylic acids is 1. The number of carbonyl (C=O) groups is 1. The van der Waals surface area contributed by atoms with E-state index in [4.69, 9.17) is 28.9 Å². The van der Waals surface area contributed by atoms with Gasteiger partial charge in [-0.25, -0.2) is 0 Å². The number of primary amides is 1. The van der Waals surface area contributed by atoms with Crippen molar-refractivity contribution in [1.82, 2.24) is 10.2 Å². The molecule has 1 amide bonds. The van der Waals surface area contributed by atoms with Gasteiger partial charge in [0.1, 0.15) is 0 Å². The molecule has 5 nitrogen and oxygen atoms in total. The lowest BCUT2D eigenvalue weighted by molar-refractivity contribution is -0.114. The summed E-state index contributed by atoms with van der Waals surface area (Å²) in [5.41, 5.74) is 8.29. The minimum Gasteiger partial charge on any atom is -0.368 e. The van der Waals surface area contributed by atoms with Crippen molar-refractivity contribution in [1.29, 1.82) is 0 Å². The SMILES string of the molecule is CS(=O)c1ccc(Cl)cc1CN1CCCC(Cl)/C1=C1/NC=CC=C1C(N)=O. The lowest BCUT2D eigenvalue weighted by Crippen LogP contribution is -2.38. The average molecular weight is 426 g/mol. The standard InChI is InChI=1S/C19H21Cl2N3O2S/c1-27(26)16-7-6-13(20)10-12(16)11-24-9-3-5-15(21)18(24)17-14(19(22)25)4-2-8-23-17/h2,4,6-8,10,15,23H,3,5,9,11H2,1H3,(H2,22,25)/b18-17-. The molecule has 1 saturated heterocycles. The van der Waals surface area contributed by atoms with Gasteiger partial charge in [0.05, 0.1) is 33.1 Å². The summed E-state index contributed by atoms with van der Waals surface area (Å²) in [4.78, 5) is 14.7. The van der Waals surface area contributed by atoms with E-state index in [0.29, 0.717) is 22.8 Å². The van der Waals surface area contributed by atoms with Crippen molar-refractivity contribution < 1.29 is 9.00 Å². The van der Waals surface area contributed by atoms with Crippen LogP contribution in [0.15, 0.2) is 58.4 Å². The summed E-state index contributed by atoms with van der Waals surface area (Å²) in [5.74, 6) is -0.512. The van der Waals surface area contributed by atoms with E-state index in [-0.39, 0.29) is 5.38 Å². The van der Waals surface area contributed by atoms with Gasteiger partial charge in [0.15, 0.2) is 0 Å². The van der Waals surface area contributed by atoms with Crippen LogP contribution in [-0.2, 0) is 22.1 Å². The van der Waals surface area contributed by atoms with Gasteiger partial charge < -0.3 is 16.0 Å². The zero-order valence-electron chi connectivity index (χ0n) is 14.9. The van der Waals surface area contributed by atoms with Crippen molar-refractivity contribution in [3.8, 4) is 0 Å². The summed E-state index contributed by atoms with van der Waals surface area (Å²) < 4.78 is 12.1. The Hall–Kier alpha value is -1.76. The van der Waals surface area contributed by atoms with Crippen LogP contribution in [-0.4, -0.2) is 33.2 Å². The molecule has 2 unspecified atom stereocenters. The quantitative estimate of drug-likeness (QED) is 0.726. The van der Waals surface area contributed by atoms with Crippen LogP contribution in [0.5, 0.6) is 0 Å². The highest BCUT2D eigenvalue weighted by molar-refractivity contribution is 7.84. The lowest BCUT2D eigenvalue weighted by atomic mass is 9.98. The molecular formula is C19H21Cl2N3O2S. The minimum atomic E-state index is -1.14. The minimum absolute atomic E-state index is 0.259. The third-order valence-corrected chi connectivity index (χ3v) is 6.27. The highest BCUT2D eigenvalue weighted by Gasteiger charge is 2.30. The molecule has 2 aliphatic rings. The van der Waals surface area contributed by atoms with Gasteiger partial charge in [0, 0.05) is 35.5 Å². The van der Waals surface area contributed by atoms with Crippen LogP contribution in [0, 0.1) is 0 Å². The van der Waals surface area contributed by atoms with E-state index in [1.54, 1.807) is 36.7 Å². The number of rotatable bonds is 4. The van der Waals surface area contributed by atoms with Crippen LogP contribution in [0.1, 0.15) is 18.4 Å². The smallest absolute Gasteiger partial charge is 0.250 e. The summed E-state index contributed by atoms with van der Waals surface area (Å²) in [7, 11) is -1.14. The molecule has 3 rings (SSSR count). The highest BCUT2D eigenvalue weighted by Crippen LogP contribution is 2.33. The molecule has 0 aliphatic carbocycles. The van der Waals surface area contributed by atoms with Gasteiger partial charge in [-0.05, 0) is 48.8 Å². The van der Waals surface area contributed by atoms with Gasteiger partial charge >= 0.3 is 0 Å². The van der Waals surface area contributed by atoms with Crippen LogP contribution >= 0.6 is 23.2 Å². The van der Waals surface area contributed by atoms with Crippen LogP contribution in [0.3, 0.4) is 0 Å². The fourth-order valence-corrected chi connectivity index (χ4v) is 4.76. The molecule has 1 aromatic rings. The zero-order valence-corrected chi connectivity index (χ0v) is 17.2. The molecule has 0 spiro atoms. The number of allylic oxidation sites excluding steroid dienone is 3. The van der Waals surface area contributed by atoms with Gasteiger partial charge in [-0.3, -0.25) is 9.00 Å². The molecule has 2 heterocycles. The second kappa shape index (κ2) is 8.50. The number of likely N-dealkylation sites (tertiary alicyclic amines) is 1. The second-order valence-corrected chi connectivity index (χ2v) is 8.76. The number of halogens is 2. The maximum absolute atomic E-state index is 12.1. The zero-order chi connectivity index (χ0) is 19.6. The van der Waals surface area contributed by atoms with Gasteiger partial charge in [-0.15, -0.1) is 11.6 Å². The van der Waals surface area contributed by atoms with E-state index in [1.165, 1.54) is 0 Å². The summed E-state index contributed by atoms with van der Waals surface area (Å²) in [6.45, 7) is 1.26. The lowest BCUT2D eigenvalue weighted by Gasteiger charge is -2.37. The Kier molecular flexibility index (Phi) is 6.29. The van der Waals surface area contributed by atoms with Crippen molar-refractivity contribution in [2.45, 2.75) is 29.7 Å². The fourth-order valence-electron chi connectivity index (χ4n) is 3.41. The number of hydrogen-bond donors (Lipinski definition) is 2. The van der Waals surface area contributed by atoms with E-state index >= 15 is 0 Å². The molecule has 0 radical (unpaired) electrons. The third kappa shape index (κ3) is 4.39.